The van der Waals surface area contributed by atoms with Crippen molar-refractivity contribution in [1.29, 1.82) is 0 Å². The van der Waals surface area contributed by atoms with Crippen LogP contribution in [0.1, 0.15) is 54.9 Å². The number of carbonyl (C=O) groups excluding carboxylic acids is 1. The Kier molecular flexibility index (Phi) is 7.47. The number of ketones is 1. The van der Waals surface area contributed by atoms with Gasteiger partial charge in [-0.25, -0.2) is 4.39 Å². The minimum Gasteiger partial charge on any atom is -0.494 e. The average Bonchev–Trinajstić information content (AvgIpc) is 2.60. The Morgan fingerprint density at radius 2 is 1.75 bits per heavy atom. The molecule has 0 bridgehead atoms. The lowest BCUT2D eigenvalue weighted by Gasteiger charge is -2.07. The van der Waals surface area contributed by atoms with Crippen LogP contribution in [0.5, 0.6) is 5.75 Å². The van der Waals surface area contributed by atoms with Crippen LogP contribution in [0, 0.1) is 5.82 Å². The molecule has 0 fully saturated rings. The molecule has 0 unspecified atom stereocenters. The van der Waals surface area contributed by atoms with Gasteiger partial charge >= 0.3 is 0 Å². The summed E-state index contributed by atoms with van der Waals surface area (Å²) in [5, 5.41) is 0. The fourth-order valence-electron chi connectivity index (χ4n) is 2.52. The zero-order valence-electron chi connectivity index (χ0n) is 14.3. The molecule has 0 aromatic heterocycles. The van der Waals surface area contributed by atoms with Gasteiger partial charge in [-0.15, -0.1) is 0 Å². The fourth-order valence-corrected chi connectivity index (χ4v) is 2.52. The molecule has 0 radical (unpaired) electrons. The maximum Gasteiger partial charge on any atom is 0.165 e. The number of unbranched alkanes of at least 4 members (excludes halogenated alkanes) is 2. The minimum atomic E-state index is -0.429. The summed E-state index contributed by atoms with van der Waals surface area (Å²) in [7, 11) is 0. The molecule has 0 N–H and O–H groups in total. The van der Waals surface area contributed by atoms with Crippen LogP contribution in [0.3, 0.4) is 0 Å². The van der Waals surface area contributed by atoms with E-state index < -0.39 is 5.82 Å². The summed E-state index contributed by atoms with van der Waals surface area (Å²) in [4.78, 5) is 12.0. The first-order valence-corrected chi connectivity index (χ1v) is 8.70. The molecular formula is C21H25FO2. The molecule has 0 atom stereocenters. The number of ether oxygens (including phenoxy) is 1. The van der Waals surface area contributed by atoms with Crippen molar-refractivity contribution in [3.05, 3.63) is 65.5 Å². The summed E-state index contributed by atoms with van der Waals surface area (Å²) in [5.74, 6) is 0.357. The lowest BCUT2D eigenvalue weighted by Crippen LogP contribution is -2.02. The van der Waals surface area contributed by atoms with Gasteiger partial charge in [-0.3, -0.25) is 4.79 Å². The SMILES string of the molecule is CCCCOc1ccc(CCCCC(=O)c2ccccc2F)cc1. The highest BCUT2D eigenvalue weighted by molar-refractivity contribution is 5.96. The Hall–Kier alpha value is -2.16. The van der Waals surface area contributed by atoms with Crippen LogP contribution in [-0.2, 0) is 6.42 Å². The molecule has 0 aliphatic carbocycles. The average molecular weight is 328 g/mol. The van der Waals surface area contributed by atoms with Crippen LogP contribution < -0.4 is 4.74 Å². The van der Waals surface area contributed by atoms with Gasteiger partial charge in [0.25, 0.3) is 0 Å². The number of rotatable bonds is 10. The van der Waals surface area contributed by atoms with Gasteiger partial charge in [0.1, 0.15) is 11.6 Å². The predicted molar refractivity (Wildman–Crippen MR) is 95.1 cm³/mol. The highest BCUT2D eigenvalue weighted by Crippen LogP contribution is 2.16. The van der Waals surface area contributed by atoms with Crippen molar-refractivity contribution >= 4 is 5.78 Å². The number of carbonyl (C=O) groups is 1. The molecule has 128 valence electrons. The Morgan fingerprint density at radius 3 is 2.46 bits per heavy atom. The number of hydrogen-bond donors (Lipinski definition) is 0. The highest BCUT2D eigenvalue weighted by atomic mass is 19.1. The van der Waals surface area contributed by atoms with E-state index in [4.69, 9.17) is 4.74 Å². The van der Waals surface area contributed by atoms with Gasteiger partial charge in [-0.2, -0.15) is 0 Å². The number of halogens is 1. The van der Waals surface area contributed by atoms with Crippen molar-refractivity contribution in [2.75, 3.05) is 6.61 Å². The van der Waals surface area contributed by atoms with E-state index in [-0.39, 0.29) is 11.3 Å². The van der Waals surface area contributed by atoms with Crippen molar-refractivity contribution in [3.8, 4) is 5.75 Å². The van der Waals surface area contributed by atoms with E-state index in [2.05, 4.69) is 19.1 Å². The van der Waals surface area contributed by atoms with Gasteiger partial charge in [0.2, 0.25) is 0 Å². The first-order chi connectivity index (χ1) is 11.7. The molecule has 24 heavy (non-hydrogen) atoms. The van der Waals surface area contributed by atoms with E-state index in [1.54, 1.807) is 18.2 Å². The molecule has 0 amide bonds. The number of aryl methyl sites for hydroxylation is 1. The standard InChI is InChI=1S/C21H25FO2/c1-2-3-16-24-18-14-12-17(13-15-18)8-4-7-11-21(23)19-9-5-6-10-20(19)22/h5-6,9-10,12-15H,2-4,7-8,11,16H2,1H3. The minimum absolute atomic E-state index is 0.118. The van der Waals surface area contributed by atoms with Crippen LogP contribution in [0.4, 0.5) is 4.39 Å². The van der Waals surface area contributed by atoms with E-state index in [1.807, 2.05) is 12.1 Å². The summed E-state index contributed by atoms with van der Waals surface area (Å²) < 4.78 is 19.2. The summed E-state index contributed by atoms with van der Waals surface area (Å²) >= 11 is 0. The first kappa shape index (κ1) is 18.2. The lowest BCUT2D eigenvalue weighted by molar-refractivity contribution is 0.0975. The molecule has 2 aromatic rings. The van der Waals surface area contributed by atoms with Crippen LogP contribution in [0.15, 0.2) is 48.5 Å². The maximum atomic E-state index is 13.5. The second-order valence-corrected chi connectivity index (χ2v) is 5.96. The van der Waals surface area contributed by atoms with Gasteiger partial charge in [0.15, 0.2) is 5.78 Å². The fraction of sp³-hybridized carbons (Fsp3) is 0.381. The Morgan fingerprint density at radius 1 is 1.00 bits per heavy atom. The van der Waals surface area contributed by atoms with Crippen molar-refractivity contribution < 1.29 is 13.9 Å². The Balaban J connectivity index is 1.70. The molecule has 3 heteroatoms. The van der Waals surface area contributed by atoms with Crippen LogP contribution in [0.25, 0.3) is 0 Å². The second-order valence-electron chi connectivity index (χ2n) is 5.96. The zero-order valence-corrected chi connectivity index (χ0v) is 14.3. The Labute approximate surface area is 143 Å². The third-order valence-electron chi connectivity index (χ3n) is 3.98. The molecule has 0 aliphatic rings. The lowest BCUT2D eigenvalue weighted by atomic mass is 10.0. The second kappa shape index (κ2) is 9.86. The molecule has 0 aliphatic heterocycles. The predicted octanol–water partition coefficient (Wildman–Crippen LogP) is 5.60. The van der Waals surface area contributed by atoms with Crippen molar-refractivity contribution in [2.24, 2.45) is 0 Å². The van der Waals surface area contributed by atoms with Gasteiger partial charge in [-0.1, -0.05) is 37.6 Å². The summed E-state index contributed by atoms with van der Waals surface area (Å²) in [5.41, 5.74) is 1.43. The molecule has 2 nitrogen and oxygen atoms in total. The van der Waals surface area contributed by atoms with Crippen LogP contribution in [0.2, 0.25) is 0 Å². The third kappa shape index (κ3) is 5.80. The third-order valence-corrected chi connectivity index (χ3v) is 3.98. The summed E-state index contributed by atoms with van der Waals surface area (Å²) in [6, 6.07) is 14.3. The van der Waals surface area contributed by atoms with Gasteiger partial charge < -0.3 is 4.74 Å². The molecule has 0 saturated heterocycles. The van der Waals surface area contributed by atoms with Crippen molar-refractivity contribution in [3.63, 3.8) is 0 Å². The first-order valence-electron chi connectivity index (χ1n) is 8.70. The Bertz CT molecular complexity index is 635. The van der Waals surface area contributed by atoms with E-state index in [0.29, 0.717) is 6.42 Å². The number of benzene rings is 2. The van der Waals surface area contributed by atoms with Crippen molar-refractivity contribution in [2.45, 2.75) is 45.4 Å². The monoisotopic (exact) mass is 328 g/mol. The summed E-state index contributed by atoms with van der Waals surface area (Å²) in [6.07, 6.45) is 5.18. The molecule has 0 heterocycles. The smallest absolute Gasteiger partial charge is 0.165 e. The van der Waals surface area contributed by atoms with E-state index in [1.165, 1.54) is 11.6 Å². The van der Waals surface area contributed by atoms with Gasteiger partial charge in [0.05, 0.1) is 12.2 Å². The molecule has 2 rings (SSSR count). The normalized spacial score (nSPS) is 10.6. The summed E-state index contributed by atoms with van der Waals surface area (Å²) in [6.45, 7) is 2.90. The molecular weight excluding hydrogens is 303 g/mol. The number of hydrogen-bond acceptors (Lipinski definition) is 2. The largest absolute Gasteiger partial charge is 0.494 e. The van der Waals surface area contributed by atoms with Gasteiger partial charge in [-0.05, 0) is 55.5 Å². The van der Waals surface area contributed by atoms with E-state index >= 15 is 0 Å². The quantitative estimate of drug-likeness (QED) is 0.419. The van der Waals surface area contributed by atoms with E-state index in [0.717, 1.165) is 44.5 Å². The van der Waals surface area contributed by atoms with E-state index in [9.17, 15) is 9.18 Å². The molecule has 2 aromatic carbocycles. The van der Waals surface area contributed by atoms with Gasteiger partial charge in [0, 0.05) is 6.42 Å². The van der Waals surface area contributed by atoms with Crippen LogP contribution in [-0.4, -0.2) is 12.4 Å². The molecule has 0 spiro atoms. The molecule has 0 saturated carbocycles. The zero-order chi connectivity index (χ0) is 17.2. The topological polar surface area (TPSA) is 26.3 Å². The maximum absolute atomic E-state index is 13.5. The number of Topliss-reactive ketones (excluding diaryl/α,β-unsaturated/α-hetero) is 1. The highest BCUT2D eigenvalue weighted by Gasteiger charge is 2.10. The van der Waals surface area contributed by atoms with Crippen molar-refractivity contribution in [1.82, 2.24) is 0 Å². The van der Waals surface area contributed by atoms with Crippen LogP contribution >= 0.6 is 0 Å².